The van der Waals surface area contributed by atoms with E-state index in [1.54, 1.807) is 30.5 Å². The third-order valence-electron chi connectivity index (χ3n) is 3.53. The summed E-state index contributed by atoms with van der Waals surface area (Å²) in [5.74, 6) is 0.881. The normalized spacial score (nSPS) is 11.2. The predicted octanol–water partition coefficient (Wildman–Crippen LogP) is 5.38. The smallest absolute Gasteiger partial charge is 0.387 e. The van der Waals surface area contributed by atoms with Gasteiger partial charge >= 0.3 is 6.61 Å². The number of alkyl halides is 2. The second-order valence-corrected chi connectivity index (χ2v) is 6.66. The Hall–Kier alpha value is -2.74. The standard InChI is InChI=1S/C18H16F2N2O3S/c1-10(2)14-9-21-17(24-14)11-3-5-12(6-4-11)22-16(23)15-13(7-8-26-15)25-18(19)20/h3-10,18H,1-2H3,(H,22,23). The van der Waals surface area contributed by atoms with Crippen molar-refractivity contribution in [2.75, 3.05) is 5.32 Å². The highest BCUT2D eigenvalue weighted by molar-refractivity contribution is 7.12. The Morgan fingerprint density at radius 1 is 1.23 bits per heavy atom. The Morgan fingerprint density at radius 3 is 2.58 bits per heavy atom. The monoisotopic (exact) mass is 378 g/mol. The van der Waals surface area contributed by atoms with Gasteiger partial charge in [-0.2, -0.15) is 8.78 Å². The Labute approximate surface area is 152 Å². The molecule has 0 saturated heterocycles. The maximum atomic E-state index is 12.4. The van der Waals surface area contributed by atoms with Crippen LogP contribution in [0.15, 0.2) is 46.3 Å². The zero-order valence-corrected chi connectivity index (χ0v) is 14.8. The van der Waals surface area contributed by atoms with E-state index in [0.29, 0.717) is 11.6 Å². The number of halogens is 2. The number of carbonyl (C=O) groups is 1. The van der Waals surface area contributed by atoms with Crippen LogP contribution in [-0.2, 0) is 0 Å². The molecular formula is C18H16F2N2O3S. The van der Waals surface area contributed by atoms with Gasteiger partial charge in [0.2, 0.25) is 5.89 Å². The molecule has 0 aliphatic rings. The molecule has 0 bridgehead atoms. The molecule has 0 aliphatic heterocycles. The summed E-state index contributed by atoms with van der Waals surface area (Å²) in [5, 5.41) is 4.17. The molecule has 8 heteroatoms. The van der Waals surface area contributed by atoms with Crippen LogP contribution in [0.3, 0.4) is 0 Å². The number of thiophene rings is 1. The number of nitrogens with one attached hydrogen (secondary N) is 1. The first kappa shape index (κ1) is 18.1. The quantitative estimate of drug-likeness (QED) is 0.625. The number of hydrogen-bond donors (Lipinski definition) is 1. The van der Waals surface area contributed by atoms with E-state index in [1.807, 2.05) is 13.8 Å². The molecule has 0 spiro atoms. The SMILES string of the molecule is CC(C)c1cnc(-c2ccc(NC(=O)c3sccc3OC(F)F)cc2)o1. The van der Waals surface area contributed by atoms with E-state index in [-0.39, 0.29) is 16.5 Å². The largest absolute Gasteiger partial charge is 0.441 e. The summed E-state index contributed by atoms with van der Waals surface area (Å²) in [6.45, 7) is 1.05. The maximum absolute atomic E-state index is 12.4. The summed E-state index contributed by atoms with van der Waals surface area (Å²) in [7, 11) is 0. The first-order valence-corrected chi connectivity index (χ1v) is 8.72. The van der Waals surface area contributed by atoms with Gasteiger partial charge in [-0.3, -0.25) is 4.79 Å². The molecule has 2 heterocycles. The minimum atomic E-state index is -2.98. The molecule has 0 radical (unpaired) electrons. The van der Waals surface area contributed by atoms with E-state index in [0.717, 1.165) is 22.7 Å². The highest BCUT2D eigenvalue weighted by Crippen LogP contribution is 2.28. The number of aromatic nitrogens is 1. The molecule has 2 aromatic heterocycles. The molecule has 3 aromatic rings. The van der Waals surface area contributed by atoms with Gasteiger partial charge in [-0.1, -0.05) is 13.8 Å². The molecule has 0 saturated carbocycles. The van der Waals surface area contributed by atoms with Crippen molar-refractivity contribution in [1.82, 2.24) is 4.98 Å². The summed E-state index contributed by atoms with van der Waals surface area (Å²) in [4.78, 5) is 16.6. The first-order valence-electron chi connectivity index (χ1n) is 7.84. The Balaban J connectivity index is 1.71. The van der Waals surface area contributed by atoms with Gasteiger partial charge in [0.25, 0.3) is 5.91 Å². The highest BCUT2D eigenvalue weighted by atomic mass is 32.1. The third kappa shape index (κ3) is 4.08. The summed E-state index contributed by atoms with van der Waals surface area (Å²) in [6, 6.07) is 8.23. The minimum absolute atomic E-state index is 0.0867. The first-order chi connectivity index (χ1) is 12.4. The van der Waals surface area contributed by atoms with Crippen molar-refractivity contribution in [2.24, 2.45) is 0 Å². The average Bonchev–Trinajstić information content (AvgIpc) is 3.24. The number of nitrogens with zero attached hydrogens (tertiary/aromatic N) is 1. The van der Waals surface area contributed by atoms with Gasteiger partial charge in [0, 0.05) is 17.2 Å². The minimum Gasteiger partial charge on any atom is -0.441 e. The van der Waals surface area contributed by atoms with Crippen molar-refractivity contribution >= 4 is 22.9 Å². The fraction of sp³-hybridized carbons (Fsp3) is 0.222. The van der Waals surface area contributed by atoms with Gasteiger partial charge < -0.3 is 14.5 Å². The van der Waals surface area contributed by atoms with Crippen LogP contribution in [0.1, 0.15) is 35.2 Å². The maximum Gasteiger partial charge on any atom is 0.387 e. The summed E-state index contributed by atoms with van der Waals surface area (Å²) in [5.41, 5.74) is 1.29. The van der Waals surface area contributed by atoms with Crippen molar-refractivity contribution in [2.45, 2.75) is 26.4 Å². The topological polar surface area (TPSA) is 64.4 Å². The van der Waals surface area contributed by atoms with Crippen LogP contribution in [0.4, 0.5) is 14.5 Å². The van der Waals surface area contributed by atoms with Crippen molar-refractivity contribution in [3.05, 3.63) is 52.5 Å². The van der Waals surface area contributed by atoms with Crippen LogP contribution >= 0.6 is 11.3 Å². The van der Waals surface area contributed by atoms with E-state index in [4.69, 9.17) is 4.42 Å². The van der Waals surface area contributed by atoms with Crippen molar-refractivity contribution in [3.8, 4) is 17.2 Å². The van der Waals surface area contributed by atoms with Crippen LogP contribution in [0.2, 0.25) is 0 Å². The number of carbonyl (C=O) groups excluding carboxylic acids is 1. The number of rotatable bonds is 6. The Bertz CT molecular complexity index is 888. The number of anilines is 1. The summed E-state index contributed by atoms with van der Waals surface area (Å²) >= 11 is 1.03. The second-order valence-electron chi connectivity index (χ2n) is 5.75. The highest BCUT2D eigenvalue weighted by Gasteiger charge is 2.18. The van der Waals surface area contributed by atoms with Crippen LogP contribution in [-0.4, -0.2) is 17.5 Å². The van der Waals surface area contributed by atoms with Gasteiger partial charge in [0.15, 0.2) is 0 Å². The number of benzene rings is 1. The lowest BCUT2D eigenvalue weighted by Gasteiger charge is -2.07. The molecule has 1 N–H and O–H groups in total. The van der Waals surface area contributed by atoms with Crippen molar-refractivity contribution < 1.29 is 22.7 Å². The summed E-state index contributed by atoms with van der Waals surface area (Å²) < 4.78 is 34.7. The van der Waals surface area contributed by atoms with Gasteiger partial charge in [0.1, 0.15) is 16.4 Å². The average molecular weight is 378 g/mol. The molecule has 5 nitrogen and oxygen atoms in total. The molecule has 3 rings (SSSR count). The number of amides is 1. The van der Waals surface area contributed by atoms with E-state index in [9.17, 15) is 13.6 Å². The zero-order chi connectivity index (χ0) is 18.7. The fourth-order valence-corrected chi connectivity index (χ4v) is 2.94. The lowest BCUT2D eigenvalue weighted by molar-refractivity contribution is -0.0498. The zero-order valence-electron chi connectivity index (χ0n) is 14.0. The van der Waals surface area contributed by atoms with E-state index in [2.05, 4.69) is 15.0 Å². The number of oxazole rings is 1. The van der Waals surface area contributed by atoms with E-state index >= 15 is 0 Å². The lowest BCUT2D eigenvalue weighted by atomic mass is 10.2. The van der Waals surface area contributed by atoms with E-state index < -0.39 is 12.5 Å². The van der Waals surface area contributed by atoms with Crippen LogP contribution in [0, 0.1) is 0 Å². The molecule has 0 atom stereocenters. The van der Waals surface area contributed by atoms with Gasteiger partial charge in [-0.15, -0.1) is 11.3 Å². The van der Waals surface area contributed by atoms with Crippen LogP contribution in [0.5, 0.6) is 5.75 Å². The van der Waals surface area contributed by atoms with Crippen LogP contribution in [0.25, 0.3) is 11.5 Å². The second kappa shape index (κ2) is 7.65. The van der Waals surface area contributed by atoms with Crippen molar-refractivity contribution in [3.63, 3.8) is 0 Å². The van der Waals surface area contributed by atoms with Crippen molar-refractivity contribution in [1.29, 1.82) is 0 Å². The Morgan fingerprint density at radius 2 is 1.96 bits per heavy atom. The third-order valence-corrected chi connectivity index (χ3v) is 4.43. The molecule has 1 aromatic carbocycles. The molecule has 0 aliphatic carbocycles. The van der Waals surface area contributed by atoms with E-state index in [1.165, 1.54) is 11.4 Å². The lowest BCUT2D eigenvalue weighted by Crippen LogP contribution is -2.12. The Kier molecular flexibility index (Phi) is 5.32. The number of hydrogen-bond acceptors (Lipinski definition) is 5. The molecule has 136 valence electrons. The molecule has 0 fully saturated rings. The fourth-order valence-electron chi connectivity index (χ4n) is 2.22. The predicted molar refractivity (Wildman–Crippen MR) is 94.9 cm³/mol. The van der Waals surface area contributed by atoms with Gasteiger partial charge in [-0.05, 0) is 35.7 Å². The molecule has 1 amide bonds. The molecule has 26 heavy (non-hydrogen) atoms. The van der Waals surface area contributed by atoms with Gasteiger partial charge in [0.05, 0.1) is 6.20 Å². The molecule has 0 unspecified atom stereocenters. The van der Waals surface area contributed by atoms with Crippen LogP contribution < -0.4 is 10.1 Å². The summed E-state index contributed by atoms with van der Waals surface area (Å²) in [6.07, 6.45) is 1.69. The molecular weight excluding hydrogens is 362 g/mol. The van der Waals surface area contributed by atoms with Gasteiger partial charge in [-0.25, -0.2) is 4.98 Å². The number of ether oxygens (including phenoxy) is 1.